The van der Waals surface area contributed by atoms with Crippen LogP contribution in [0.2, 0.25) is 0 Å². The van der Waals surface area contributed by atoms with Gasteiger partial charge in [0, 0.05) is 13.1 Å². The Labute approximate surface area is 124 Å². The van der Waals surface area contributed by atoms with Crippen molar-refractivity contribution >= 4 is 12.8 Å². The summed E-state index contributed by atoms with van der Waals surface area (Å²) in [5, 5.41) is 0.718. The predicted molar refractivity (Wildman–Crippen MR) is 83.1 cm³/mol. The number of nitrogens with zero attached hydrogens (tertiary/aromatic N) is 1. The Kier molecular flexibility index (Phi) is 4.39. The average molecular weight is 303 g/mol. The Hall–Kier alpha value is -1.61. The van der Waals surface area contributed by atoms with Gasteiger partial charge in [0.2, 0.25) is 0 Å². The van der Waals surface area contributed by atoms with Gasteiger partial charge in [-0.3, -0.25) is 4.57 Å². The van der Waals surface area contributed by atoms with Crippen LogP contribution in [0.3, 0.4) is 0 Å². The number of benzene rings is 2. The molecule has 21 heavy (non-hydrogen) atoms. The van der Waals surface area contributed by atoms with E-state index in [1.54, 1.807) is 0 Å². The van der Waals surface area contributed by atoms with Crippen LogP contribution in [0.5, 0.6) is 5.75 Å². The molecule has 0 aliphatic carbocycles. The number of rotatable bonds is 4. The molecule has 3 rings (SSSR count). The lowest BCUT2D eigenvalue weighted by Crippen LogP contribution is -2.38. The standard InChI is InChI=1S/C16H18NO3P/c18-21(16-9-5-2-6-10-16,17-11-13-19-14-12-17)20-15-7-3-1-4-8-15/h1-10H,11-14H2/t21-/m0/s1. The van der Waals surface area contributed by atoms with E-state index < -0.39 is 7.52 Å². The molecule has 1 aliphatic rings. The number of ether oxygens (including phenoxy) is 1. The summed E-state index contributed by atoms with van der Waals surface area (Å²) < 4.78 is 26.8. The smallest absolute Gasteiger partial charge is 0.349 e. The highest BCUT2D eigenvalue weighted by Crippen LogP contribution is 2.49. The molecule has 1 fully saturated rings. The second-order valence-electron chi connectivity index (χ2n) is 4.83. The van der Waals surface area contributed by atoms with Crippen LogP contribution in [0.1, 0.15) is 0 Å². The minimum absolute atomic E-state index is 0.578. The zero-order valence-corrected chi connectivity index (χ0v) is 12.6. The summed E-state index contributed by atoms with van der Waals surface area (Å²) in [6.07, 6.45) is 0. The zero-order chi connectivity index (χ0) is 14.5. The molecule has 5 heteroatoms. The molecule has 0 amide bonds. The third kappa shape index (κ3) is 3.18. The molecule has 0 bridgehead atoms. The van der Waals surface area contributed by atoms with Gasteiger partial charge in [0.15, 0.2) is 0 Å². The van der Waals surface area contributed by atoms with Crippen LogP contribution in [0.25, 0.3) is 0 Å². The minimum Gasteiger partial charge on any atom is -0.429 e. The van der Waals surface area contributed by atoms with E-state index in [4.69, 9.17) is 9.26 Å². The van der Waals surface area contributed by atoms with Crippen molar-refractivity contribution in [2.45, 2.75) is 0 Å². The average Bonchev–Trinajstić information content (AvgIpc) is 2.57. The highest BCUT2D eigenvalue weighted by molar-refractivity contribution is 7.65. The van der Waals surface area contributed by atoms with Crippen LogP contribution in [-0.2, 0) is 9.30 Å². The summed E-state index contributed by atoms with van der Waals surface area (Å²) in [6, 6.07) is 18.7. The number of hydrogen-bond donors (Lipinski definition) is 0. The molecular weight excluding hydrogens is 285 g/mol. The van der Waals surface area contributed by atoms with E-state index in [1.165, 1.54) is 0 Å². The van der Waals surface area contributed by atoms with Crippen LogP contribution >= 0.6 is 7.52 Å². The maximum Gasteiger partial charge on any atom is 0.349 e. The number of para-hydroxylation sites is 1. The van der Waals surface area contributed by atoms with Gasteiger partial charge >= 0.3 is 7.52 Å². The molecule has 2 aromatic rings. The van der Waals surface area contributed by atoms with E-state index in [2.05, 4.69) is 0 Å². The summed E-state index contributed by atoms with van der Waals surface area (Å²) in [4.78, 5) is 0. The number of morpholine rings is 1. The van der Waals surface area contributed by atoms with Crippen LogP contribution in [-0.4, -0.2) is 31.0 Å². The van der Waals surface area contributed by atoms with E-state index >= 15 is 0 Å². The van der Waals surface area contributed by atoms with E-state index in [-0.39, 0.29) is 0 Å². The number of hydrogen-bond acceptors (Lipinski definition) is 3. The maximum atomic E-state index is 13.6. The van der Waals surface area contributed by atoms with E-state index in [0.29, 0.717) is 32.1 Å². The first-order valence-electron chi connectivity index (χ1n) is 7.02. The lowest BCUT2D eigenvalue weighted by molar-refractivity contribution is 0.0692. The molecule has 1 atom stereocenters. The van der Waals surface area contributed by atoms with Gasteiger partial charge in [-0.1, -0.05) is 36.4 Å². The Morgan fingerprint density at radius 3 is 2.10 bits per heavy atom. The molecule has 4 nitrogen and oxygen atoms in total. The Morgan fingerprint density at radius 1 is 0.905 bits per heavy atom. The minimum atomic E-state index is -3.12. The largest absolute Gasteiger partial charge is 0.429 e. The lowest BCUT2D eigenvalue weighted by Gasteiger charge is -2.33. The van der Waals surface area contributed by atoms with Crippen LogP contribution < -0.4 is 9.83 Å². The van der Waals surface area contributed by atoms with Gasteiger partial charge in [0.1, 0.15) is 5.75 Å². The van der Waals surface area contributed by atoms with E-state index in [0.717, 1.165) is 5.30 Å². The van der Waals surface area contributed by atoms with Gasteiger partial charge in [-0.15, -0.1) is 0 Å². The van der Waals surface area contributed by atoms with Crippen molar-refractivity contribution in [2.24, 2.45) is 0 Å². The third-order valence-corrected chi connectivity index (χ3v) is 5.97. The molecule has 0 aromatic heterocycles. The van der Waals surface area contributed by atoms with Gasteiger partial charge in [-0.05, 0) is 24.3 Å². The summed E-state index contributed by atoms with van der Waals surface area (Å²) in [5.41, 5.74) is 0. The van der Waals surface area contributed by atoms with Crippen molar-refractivity contribution in [3.05, 3.63) is 60.7 Å². The van der Waals surface area contributed by atoms with Crippen molar-refractivity contribution in [1.29, 1.82) is 0 Å². The molecule has 1 saturated heterocycles. The fourth-order valence-corrected chi connectivity index (χ4v) is 4.53. The highest BCUT2D eigenvalue weighted by atomic mass is 31.2. The molecule has 0 unspecified atom stereocenters. The monoisotopic (exact) mass is 303 g/mol. The molecule has 110 valence electrons. The zero-order valence-electron chi connectivity index (χ0n) is 11.7. The fraction of sp³-hybridized carbons (Fsp3) is 0.250. The van der Waals surface area contributed by atoms with E-state index in [1.807, 2.05) is 65.3 Å². The second-order valence-corrected chi connectivity index (χ2v) is 7.13. The van der Waals surface area contributed by atoms with Crippen molar-refractivity contribution in [3.63, 3.8) is 0 Å². The van der Waals surface area contributed by atoms with Crippen LogP contribution in [0, 0.1) is 0 Å². The SMILES string of the molecule is O=[P@](Oc1ccccc1)(c1ccccc1)N1CCOCC1. The van der Waals surface area contributed by atoms with E-state index in [9.17, 15) is 4.57 Å². The van der Waals surface area contributed by atoms with Crippen LogP contribution in [0.4, 0.5) is 0 Å². The normalized spacial score (nSPS) is 18.9. The second kappa shape index (κ2) is 6.44. The van der Waals surface area contributed by atoms with Crippen molar-refractivity contribution in [1.82, 2.24) is 4.67 Å². The highest BCUT2D eigenvalue weighted by Gasteiger charge is 2.36. The quantitative estimate of drug-likeness (QED) is 0.814. The summed E-state index contributed by atoms with van der Waals surface area (Å²) in [7, 11) is -3.12. The molecule has 0 spiro atoms. The van der Waals surface area contributed by atoms with Gasteiger partial charge in [0.05, 0.1) is 18.5 Å². The molecule has 2 aromatic carbocycles. The molecule has 0 radical (unpaired) electrons. The van der Waals surface area contributed by atoms with Gasteiger partial charge < -0.3 is 9.26 Å². The molecule has 1 aliphatic heterocycles. The summed E-state index contributed by atoms with van der Waals surface area (Å²) >= 11 is 0. The molecular formula is C16H18NO3P. The first-order chi connectivity index (χ1) is 10.3. The van der Waals surface area contributed by atoms with Gasteiger partial charge in [-0.25, -0.2) is 4.67 Å². The molecule has 0 N–H and O–H groups in total. The first kappa shape index (κ1) is 14.3. The first-order valence-corrected chi connectivity index (χ1v) is 8.60. The topological polar surface area (TPSA) is 38.8 Å². The molecule has 1 heterocycles. The molecule has 0 saturated carbocycles. The third-order valence-electron chi connectivity index (χ3n) is 3.41. The summed E-state index contributed by atoms with van der Waals surface area (Å²) in [5.74, 6) is 0.621. The predicted octanol–water partition coefficient (Wildman–Crippen LogP) is 2.92. The van der Waals surface area contributed by atoms with Crippen molar-refractivity contribution < 1.29 is 13.8 Å². The Bertz CT molecular complexity index is 612. The van der Waals surface area contributed by atoms with Crippen molar-refractivity contribution in [3.8, 4) is 5.75 Å². The fourth-order valence-electron chi connectivity index (χ4n) is 2.33. The van der Waals surface area contributed by atoms with Crippen LogP contribution in [0.15, 0.2) is 60.7 Å². The van der Waals surface area contributed by atoms with Crippen molar-refractivity contribution in [2.75, 3.05) is 26.3 Å². The Balaban J connectivity index is 1.96. The van der Waals surface area contributed by atoms with Gasteiger partial charge in [0.25, 0.3) is 0 Å². The van der Waals surface area contributed by atoms with Gasteiger partial charge in [-0.2, -0.15) is 0 Å². The maximum absolute atomic E-state index is 13.6. The lowest BCUT2D eigenvalue weighted by atomic mass is 10.3. The summed E-state index contributed by atoms with van der Waals surface area (Å²) in [6.45, 7) is 2.38. The Morgan fingerprint density at radius 2 is 1.48 bits per heavy atom.